The number of hydrogen-bond acceptors (Lipinski definition) is 4. The molecule has 2 aromatic carbocycles. The van der Waals surface area contributed by atoms with Gasteiger partial charge >= 0.3 is 0 Å². The van der Waals surface area contributed by atoms with Crippen molar-refractivity contribution in [3.05, 3.63) is 53.6 Å². The Morgan fingerprint density at radius 2 is 1.67 bits per heavy atom. The molecule has 2 aromatic rings. The Balaban J connectivity index is 1.61. The highest BCUT2D eigenvalue weighted by molar-refractivity contribution is 5.56. The number of unbranched alkanes of at least 4 members (excludes halogenated alkanes) is 2. The first-order valence-corrected chi connectivity index (χ1v) is 9.27. The van der Waals surface area contributed by atoms with Crippen LogP contribution in [0.5, 0.6) is 11.5 Å². The van der Waals surface area contributed by atoms with Gasteiger partial charge in [0, 0.05) is 18.2 Å². The molecule has 0 aliphatic rings. The summed E-state index contributed by atoms with van der Waals surface area (Å²) in [7, 11) is 0. The standard InChI is InChI=1S/C21H27F2NO3/c1-2-3-11-26-18-7-9-21(20(24)14-18)27-12-5-4-10-25-15-16-13-17(22)6-8-19(16)23/h6-9,13-14H,2-5,10-12,15,24H2,1H3. The number of nitrogen functional groups attached to an aromatic ring is 1. The first-order chi connectivity index (χ1) is 13.1. The number of rotatable bonds is 12. The van der Waals surface area contributed by atoms with Gasteiger partial charge in [-0.15, -0.1) is 0 Å². The van der Waals surface area contributed by atoms with Gasteiger partial charge in [0.25, 0.3) is 0 Å². The summed E-state index contributed by atoms with van der Waals surface area (Å²) in [5.41, 5.74) is 6.75. The molecule has 6 heteroatoms. The molecule has 4 nitrogen and oxygen atoms in total. The molecule has 0 aliphatic heterocycles. The van der Waals surface area contributed by atoms with Gasteiger partial charge in [0.15, 0.2) is 0 Å². The molecule has 27 heavy (non-hydrogen) atoms. The maximum atomic E-state index is 13.5. The molecule has 0 saturated heterocycles. The van der Waals surface area contributed by atoms with Crippen LogP contribution in [0, 0.1) is 11.6 Å². The minimum absolute atomic E-state index is 0.0525. The van der Waals surface area contributed by atoms with Crippen molar-refractivity contribution in [1.29, 1.82) is 0 Å². The Hall–Kier alpha value is -2.34. The molecular weight excluding hydrogens is 352 g/mol. The summed E-state index contributed by atoms with van der Waals surface area (Å²) < 4.78 is 43.2. The summed E-state index contributed by atoms with van der Waals surface area (Å²) in [5, 5.41) is 0. The molecule has 0 spiro atoms. The third-order valence-corrected chi connectivity index (χ3v) is 3.95. The lowest BCUT2D eigenvalue weighted by atomic mass is 10.2. The van der Waals surface area contributed by atoms with Crippen molar-refractivity contribution in [2.75, 3.05) is 25.6 Å². The quantitative estimate of drug-likeness (QED) is 0.412. The van der Waals surface area contributed by atoms with E-state index in [4.69, 9.17) is 19.9 Å². The molecule has 0 fully saturated rings. The molecule has 0 aromatic heterocycles. The van der Waals surface area contributed by atoms with Crippen LogP contribution >= 0.6 is 0 Å². The highest BCUT2D eigenvalue weighted by Crippen LogP contribution is 2.26. The van der Waals surface area contributed by atoms with Crippen molar-refractivity contribution in [1.82, 2.24) is 0 Å². The van der Waals surface area contributed by atoms with Crippen molar-refractivity contribution < 1.29 is 23.0 Å². The van der Waals surface area contributed by atoms with E-state index in [1.54, 1.807) is 12.1 Å². The molecule has 0 amide bonds. The average molecular weight is 379 g/mol. The van der Waals surface area contributed by atoms with Crippen molar-refractivity contribution >= 4 is 5.69 Å². The molecule has 0 radical (unpaired) electrons. The minimum atomic E-state index is -0.470. The van der Waals surface area contributed by atoms with Gasteiger partial charge in [0.2, 0.25) is 0 Å². The largest absolute Gasteiger partial charge is 0.494 e. The number of benzene rings is 2. The second kappa shape index (κ2) is 11.4. The van der Waals surface area contributed by atoms with Crippen LogP contribution in [0.2, 0.25) is 0 Å². The molecule has 2 N–H and O–H groups in total. The maximum absolute atomic E-state index is 13.5. The summed E-state index contributed by atoms with van der Waals surface area (Å²) in [6, 6.07) is 8.76. The van der Waals surface area contributed by atoms with E-state index in [2.05, 4.69) is 6.92 Å². The van der Waals surface area contributed by atoms with Crippen LogP contribution in [-0.4, -0.2) is 19.8 Å². The van der Waals surface area contributed by atoms with Crippen molar-refractivity contribution in [2.45, 2.75) is 39.2 Å². The Labute approximate surface area is 159 Å². The molecule has 0 aliphatic carbocycles. The Morgan fingerprint density at radius 3 is 2.44 bits per heavy atom. The first kappa shape index (κ1) is 21.0. The predicted molar refractivity (Wildman–Crippen MR) is 102 cm³/mol. The van der Waals surface area contributed by atoms with Crippen LogP contribution in [-0.2, 0) is 11.3 Å². The normalized spacial score (nSPS) is 10.8. The fourth-order valence-corrected chi connectivity index (χ4v) is 2.41. The van der Waals surface area contributed by atoms with Crippen molar-refractivity contribution in [3.63, 3.8) is 0 Å². The first-order valence-electron chi connectivity index (χ1n) is 9.27. The van der Waals surface area contributed by atoms with Crippen LogP contribution in [0.3, 0.4) is 0 Å². The Morgan fingerprint density at radius 1 is 0.889 bits per heavy atom. The van der Waals surface area contributed by atoms with E-state index in [0.29, 0.717) is 31.3 Å². The molecule has 0 heterocycles. The monoisotopic (exact) mass is 379 g/mol. The summed E-state index contributed by atoms with van der Waals surface area (Å²) in [5.74, 6) is 0.437. The molecule has 0 bridgehead atoms. The van der Waals surface area contributed by atoms with E-state index in [9.17, 15) is 8.78 Å². The molecule has 0 saturated carbocycles. The van der Waals surface area contributed by atoms with Crippen LogP contribution in [0.4, 0.5) is 14.5 Å². The topological polar surface area (TPSA) is 53.7 Å². The molecule has 2 rings (SSSR count). The fraction of sp³-hybridized carbons (Fsp3) is 0.429. The summed E-state index contributed by atoms with van der Waals surface area (Å²) in [6.07, 6.45) is 3.60. The minimum Gasteiger partial charge on any atom is -0.494 e. The molecular formula is C21H27F2NO3. The second-order valence-corrected chi connectivity index (χ2v) is 6.25. The van der Waals surface area contributed by atoms with Crippen molar-refractivity contribution in [3.8, 4) is 11.5 Å². The zero-order valence-electron chi connectivity index (χ0n) is 15.7. The SMILES string of the molecule is CCCCOc1ccc(OCCCCOCc2cc(F)ccc2F)c(N)c1. The van der Waals surface area contributed by atoms with Gasteiger partial charge in [-0.05, 0) is 49.6 Å². The Bertz CT molecular complexity index is 710. The Kier molecular flexibility index (Phi) is 8.84. The van der Waals surface area contributed by atoms with Crippen LogP contribution in [0.15, 0.2) is 36.4 Å². The summed E-state index contributed by atoms with van der Waals surface area (Å²) in [6.45, 7) is 3.78. The number of halogens is 2. The van der Waals surface area contributed by atoms with Crippen LogP contribution < -0.4 is 15.2 Å². The lowest BCUT2D eigenvalue weighted by molar-refractivity contribution is 0.111. The number of anilines is 1. The van der Waals surface area contributed by atoms with E-state index in [1.807, 2.05) is 6.07 Å². The number of ether oxygens (including phenoxy) is 3. The van der Waals surface area contributed by atoms with Gasteiger partial charge in [-0.3, -0.25) is 0 Å². The zero-order valence-corrected chi connectivity index (χ0v) is 15.7. The summed E-state index contributed by atoms with van der Waals surface area (Å²) >= 11 is 0. The average Bonchev–Trinajstić information content (AvgIpc) is 2.65. The predicted octanol–water partition coefficient (Wildman–Crippen LogP) is 5.10. The second-order valence-electron chi connectivity index (χ2n) is 6.25. The highest BCUT2D eigenvalue weighted by atomic mass is 19.1. The lowest BCUT2D eigenvalue weighted by Gasteiger charge is -2.11. The summed E-state index contributed by atoms with van der Waals surface area (Å²) in [4.78, 5) is 0. The number of hydrogen-bond donors (Lipinski definition) is 1. The van der Waals surface area contributed by atoms with Crippen molar-refractivity contribution in [2.24, 2.45) is 0 Å². The van der Waals surface area contributed by atoms with Crippen LogP contribution in [0.1, 0.15) is 38.2 Å². The van der Waals surface area contributed by atoms with E-state index in [1.165, 1.54) is 0 Å². The van der Waals surface area contributed by atoms with Gasteiger partial charge in [-0.2, -0.15) is 0 Å². The third-order valence-electron chi connectivity index (χ3n) is 3.95. The molecule has 0 atom stereocenters. The molecule has 0 unspecified atom stereocenters. The van der Waals surface area contributed by atoms with Gasteiger partial charge in [0.1, 0.15) is 23.1 Å². The van der Waals surface area contributed by atoms with Crippen LogP contribution in [0.25, 0.3) is 0 Å². The smallest absolute Gasteiger partial charge is 0.142 e. The third kappa shape index (κ3) is 7.43. The van der Waals surface area contributed by atoms with Gasteiger partial charge in [0.05, 0.1) is 25.5 Å². The van der Waals surface area contributed by atoms with Gasteiger partial charge in [-0.1, -0.05) is 13.3 Å². The highest BCUT2D eigenvalue weighted by Gasteiger charge is 2.05. The van der Waals surface area contributed by atoms with E-state index < -0.39 is 11.6 Å². The fourth-order valence-electron chi connectivity index (χ4n) is 2.41. The molecule has 148 valence electrons. The van der Waals surface area contributed by atoms with E-state index in [-0.39, 0.29) is 12.2 Å². The number of nitrogens with two attached hydrogens (primary N) is 1. The lowest BCUT2D eigenvalue weighted by Crippen LogP contribution is -2.04. The maximum Gasteiger partial charge on any atom is 0.142 e. The van der Waals surface area contributed by atoms with E-state index >= 15 is 0 Å². The zero-order chi connectivity index (χ0) is 19.5. The van der Waals surface area contributed by atoms with Gasteiger partial charge in [-0.25, -0.2) is 8.78 Å². The van der Waals surface area contributed by atoms with E-state index in [0.717, 1.165) is 49.6 Å². The van der Waals surface area contributed by atoms with Gasteiger partial charge < -0.3 is 19.9 Å².